The lowest BCUT2D eigenvalue weighted by molar-refractivity contribution is 0.537. The van der Waals surface area contributed by atoms with Crippen LogP contribution in [0.2, 0.25) is 5.02 Å². The van der Waals surface area contributed by atoms with Gasteiger partial charge in [0.25, 0.3) is 4.84 Å². The van der Waals surface area contributed by atoms with Gasteiger partial charge in [0, 0.05) is 9.50 Å². The maximum atomic E-state index is 6.02. The van der Waals surface area contributed by atoms with Crippen molar-refractivity contribution in [2.45, 2.75) is 0 Å². The van der Waals surface area contributed by atoms with Gasteiger partial charge in [0.05, 0.1) is 11.1 Å². The van der Waals surface area contributed by atoms with Crippen LogP contribution in [-0.4, -0.2) is 4.57 Å². The first-order chi connectivity index (χ1) is 9.56. The Bertz CT molecular complexity index is 932. The highest BCUT2D eigenvalue weighted by atomic mass is 79.9. The molecular formula is C14H7BrClNOS2. The molecule has 0 radical (unpaired) electrons. The summed E-state index contributed by atoms with van der Waals surface area (Å²) in [7, 11) is 0. The van der Waals surface area contributed by atoms with Crippen LogP contribution in [0.5, 0.6) is 0 Å². The molecule has 0 spiro atoms. The van der Waals surface area contributed by atoms with Crippen LogP contribution in [0, 0.1) is 9.48 Å². The lowest BCUT2D eigenvalue weighted by Gasteiger charge is -2.09. The monoisotopic (exact) mass is 383 g/mol. The number of hydrogen-bond acceptors (Lipinski definition) is 3. The molecule has 0 amide bonds. The van der Waals surface area contributed by atoms with E-state index in [1.54, 1.807) is 16.7 Å². The van der Waals surface area contributed by atoms with E-state index in [0.717, 1.165) is 15.5 Å². The van der Waals surface area contributed by atoms with Gasteiger partial charge in [-0.3, -0.25) is 4.57 Å². The van der Waals surface area contributed by atoms with E-state index in [1.165, 1.54) is 0 Å². The molecule has 0 aliphatic heterocycles. The Morgan fingerprint density at radius 2 is 1.90 bits per heavy atom. The molecule has 0 bridgehead atoms. The van der Waals surface area contributed by atoms with Crippen LogP contribution < -0.4 is 0 Å². The molecule has 1 aromatic heterocycles. The molecule has 6 heteroatoms. The maximum absolute atomic E-state index is 6.02. The van der Waals surface area contributed by atoms with E-state index in [9.17, 15) is 0 Å². The van der Waals surface area contributed by atoms with Crippen LogP contribution in [0.15, 0.2) is 51.4 Å². The van der Waals surface area contributed by atoms with Gasteiger partial charge >= 0.3 is 0 Å². The van der Waals surface area contributed by atoms with E-state index >= 15 is 0 Å². The molecule has 1 heterocycles. The predicted molar refractivity (Wildman–Crippen MR) is 89.9 cm³/mol. The second-order valence-electron chi connectivity index (χ2n) is 4.13. The van der Waals surface area contributed by atoms with Gasteiger partial charge in [0.1, 0.15) is 10.2 Å². The van der Waals surface area contributed by atoms with Gasteiger partial charge in [0.15, 0.2) is 0 Å². The highest BCUT2D eigenvalue weighted by molar-refractivity contribution is 9.10. The van der Waals surface area contributed by atoms with Crippen LogP contribution >= 0.6 is 52.0 Å². The Balaban J connectivity index is 2.42. The Morgan fingerprint density at radius 3 is 2.65 bits per heavy atom. The molecule has 0 aliphatic rings. The van der Waals surface area contributed by atoms with Crippen molar-refractivity contribution in [3.63, 3.8) is 0 Å². The van der Waals surface area contributed by atoms with Crippen molar-refractivity contribution >= 4 is 62.9 Å². The summed E-state index contributed by atoms with van der Waals surface area (Å²) in [5, 5.41) is 1.44. The van der Waals surface area contributed by atoms with Gasteiger partial charge in [-0.25, -0.2) is 0 Å². The third-order valence-electron chi connectivity index (χ3n) is 2.82. The van der Waals surface area contributed by atoms with Crippen LogP contribution in [0.1, 0.15) is 0 Å². The van der Waals surface area contributed by atoms with E-state index in [4.69, 9.17) is 40.5 Å². The fourth-order valence-electron chi connectivity index (χ4n) is 1.94. The summed E-state index contributed by atoms with van der Waals surface area (Å²) in [6.45, 7) is 0. The average Bonchev–Trinajstić information content (AvgIpc) is 2.40. The molecule has 0 aliphatic carbocycles. The van der Waals surface area contributed by atoms with Crippen molar-refractivity contribution in [3.8, 4) is 5.69 Å². The Kier molecular flexibility index (Phi) is 3.77. The van der Waals surface area contributed by atoms with E-state index in [-0.39, 0.29) is 0 Å². The number of hydrogen-bond donors (Lipinski definition) is 0. The van der Waals surface area contributed by atoms with E-state index < -0.39 is 0 Å². The molecule has 0 saturated heterocycles. The normalized spacial score (nSPS) is 10.9. The lowest BCUT2D eigenvalue weighted by Crippen LogP contribution is -1.99. The summed E-state index contributed by atoms with van der Waals surface area (Å²) >= 11 is 20.3. The molecule has 3 aromatic rings. The van der Waals surface area contributed by atoms with Crippen LogP contribution in [0.3, 0.4) is 0 Å². The predicted octanol–water partition coefficient (Wildman–Crippen LogP) is 6.10. The Hall–Kier alpha value is -1.01. The van der Waals surface area contributed by atoms with Crippen LogP contribution in [-0.2, 0) is 0 Å². The third kappa shape index (κ3) is 2.46. The molecule has 2 nitrogen and oxygen atoms in total. The first-order valence-electron chi connectivity index (χ1n) is 5.67. The zero-order valence-electron chi connectivity index (χ0n) is 9.97. The number of fused-ring (bicyclic) bond motifs is 1. The second-order valence-corrected chi connectivity index (χ2v) is 6.22. The zero-order chi connectivity index (χ0) is 14.3. The molecular weight excluding hydrogens is 378 g/mol. The van der Waals surface area contributed by atoms with Gasteiger partial charge in [0.2, 0.25) is 0 Å². The number of aromatic nitrogens is 1. The smallest absolute Gasteiger partial charge is 0.274 e. The fourth-order valence-corrected chi connectivity index (χ4v) is 3.18. The second kappa shape index (κ2) is 5.41. The summed E-state index contributed by atoms with van der Waals surface area (Å²) in [5.41, 5.74) is 1.46. The number of nitrogens with zero attached hydrogens (tertiary/aromatic N) is 1. The van der Waals surface area contributed by atoms with Crippen molar-refractivity contribution in [2.24, 2.45) is 0 Å². The van der Waals surface area contributed by atoms with Gasteiger partial charge in [-0.05, 0) is 48.6 Å². The van der Waals surface area contributed by atoms with E-state index in [1.807, 2.05) is 30.3 Å². The maximum Gasteiger partial charge on any atom is 0.274 e. The van der Waals surface area contributed by atoms with Gasteiger partial charge in [-0.2, -0.15) is 0 Å². The quantitative estimate of drug-likeness (QED) is 0.472. The first kappa shape index (κ1) is 13.9. The highest BCUT2D eigenvalue weighted by Crippen LogP contribution is 2.24. The minimum atomic E-state index is 0.298. The van der Waals surface area contributed by atoms with Gasteiger partial charge < -0.3 is 4.42 Å². The topological polar surface area (TPSA) is 18.1 Å². The summed E-state index contributed by atoms with van der Waals surface area (Å²) < 4.78 is 8.90. The molecule has 3 rings (SSSR count). The lowest BCUT2D eigenvalue weighted by atomic mass is 10.2. The minimum absolute atomic E-state index is 0.298. The summed E-state index contributed by atoms with van der Waals surface area (Å²) in [5.74, 6) is 0. The molecule has 0 unspecified atom stereocenters. The number of rotatable bonds is 1. The fraction of sp³-hybridized carbons (Fsp3) is 0. The molecule has 2 aromatic carbocycles. The van der Waals surface area contributed by atoms with Crippen molar-refractivity contribution in [2.75, 3.05) is 0 Å². The third-order valence-corrected chi connectivity index (χ3v) is 4.22. The standard InChI is InChI=1S/C14H7BrClNOS2/c15-8-4-5-12-11(6-8)13(19)17(14(20)18-12)10-3-1-2-9(16)7-10/h1-7H. The summed E-state index contributed by atoms with van der Waals surface area (Å²) in [4.78, 5) is 0.298. The summed E-state index contributed by atoms with van der Waals surface area (Å²) in [6, 6.07) is 13.0. The van der Waals surface area contributed by atoms with E-state index in [0.29, 0.717) is 20.1 Å². The molecule has 0 N–H and O–H groups in total. The van der Waals surface area contributed by atoms with Crippen molar-refractivity contribution in [1.29, 1.82) is 0 Å². The van der Waals surface area contributed by atoms with Crippen LogP contribution in [0.4, 0.5) is 0 Å². The summed E-state index contributed by atoms with van der Waals surface area (Å²) in [6.07, 6.45) is 0. The van der Waals surface area contributed by atoms with E-state index in [2.05, 4.69) is 15.9 Å². The number of halogens is 2. The van der Waals surface area contributed by atoms with Crippen molar-refractivity contribution in [3.05, 3.63) is 61.4 Å². The largest absolute Gasteiger partial charge is 0.431 e. The SMILES string of the molecule is S=c1oc2ccc(Br)cc2c(=S)n1-c1cccc(Cl)c1. The van der Waals surface area contributed by atoms with Gasteiger partial charge in [-0.15, -0.1) is 0 Å². The Labute approximate surface area is 138 Å². The minimum Gasteiger partial charge on any atom is -0.431 e. The zero-order valence-corrected chi connectivity index (χ0v) is 13.9. The highest BCUT2D eigenvalue weighted by Gasteiger charge is 2.07. The molecule has 20 heavy (non-hydrogen) atoms. The Morgan fingerprint density at radius 1 is 1.10 bits per heavy atom. The van der Waals surface area contributed by atoms with Crippen molar-refractivity contribution < 1.29 is 4.42 Å². The van der Waals surface area contributed by atoms with Crippen LogP contribution in [0.25, 0.3) is 16.7 Å². The number of benzene rings is 2. The molecule has 0 fully saturated rings. The molecule has 0 atom stereocenters. The first-order valence-corrected chi connectivity index (χ1v) is 7.66. The molecule has 100 valence electrons. The molecule has 0 saturated carbocycles. The van der Waals surface area contributed by atoms with Crippen molar-refractivity contribution in [1.82, 2.24) is 4.57 Å². The average molecular weight is 385 g/mol. The van der Waals surface area contributed by atoms with Gasteiger partial charge in [-0.1, -0.05) is 45.8 Å².